The number of nitrogens with two attached hydrogens (primary N) is 2. The maximum atomic E-state index is 13.3. The van der Waals surface area contributed by atoms with Crippen LogP contribution in [0.15, 0.2) is 48.7 Å². The minimum Gasteiger partial charge on any atom is -0.493 e. The summed E-state index contributed by atoms with van der Waals surface area (Å²) in [5, 5.41) is 7.06. The van der Waals surface area contributed by atoms with Gasteiger partial charge in [0.15, 0.2) is 0 Å². The molecule has 1 unspecified atom stereocenters. The number of aromatic nitrogens is 1. The van der Waals surface area contributed by atoms with Crippen LogP contribution in [-0.2, 0) is 4.79 Å². The first kappa shape index (κ1) is 23.0. The summed E-state index contributed by atoms with van der Waals surface area (Å²) in [5.41, 5.74) is 13.4. The lowest BCUT2D eigenvalue weighted by Gasteiger charge is -2.30. The van der Waals surface area contributed by atoms with Crippen LogP contribution in [0.1, 0.15) is 24.4 Å². The molecule has 0 spiro atoms. The molecule has 3 heterocycles. The number of fused-ring (bicyclic) bond motifs is 2. The number of carbonyl (C=O) groups excluding carboxylic acids is 3. The van der Waals surface area contributed by atoms with Gasteiger partial charge in [0.2, 0.25) is 5.91 Å². The maximum absolute atomic E-state index is 13.3. The molecule has 1 saturated heterocycles. The number of ether oxygens (including phenoxy) is 1. The number of hydrogen-bond donors (Lipinski definition) is 4. The third-order valence-corrected chi connectivity index (χ3v) is 6.65. The van der Waals surface area contributed by atoms with Crippen LogP contribution in [0.3, 0.4) is 0 Å². The third kappa shape index (κ3) is 4.38. The number of rotatable bonds is 3. The third-order valence-electron chi connectivity index (χ3n) is 6.42. The van der Waals surface area contributed by atoms with Crippen molar-refractivity contribution < 1.29 is 19.1 Å². The van der Waals surface area contributed by atoms with E-state index in [1.807, 2.05) is 0 Å². The molecule has 6 N–H and O–H groups in total. The van der Waals surface area contributed by atoms with E-state index >= 15 is 0 Å². The van der Waals surface area contributed by atoms with Crippen LogP contribution < -0.4 is 26.8 Å². The zero-order valence-electron chi connectivity index (χ0n) is 18.7. The molecule has 182 valence electrons. The van der Waals surface area contributed by atoms with Gasteiger partial charge in [-0.05, 0) is 30.7 Å². The molecule has 3 atom stereocenters. The first-order valence-electron chi connectivity index (χ1n) is 11.3. The lowest BCUT2D eigenvalue weighted by Crippen LogP contribution is -2.48. The number of halogens is 1. The minimum atomic E-state index is -0.750. The van der Waals surface area contributed by atoms with Gasteiger partial charge in [0.05, 0.1) is 23.9 Å². The number of anilines is 1. The Balaban J connectivity index is 1.35. The highest BCUT2D eigenvalue weighted by atomic mass is 35.5. The second kappa shape index (κ2) is 9.12. The number of urea groups is 1. The molecule has 10 nitrogen and oxygen atoms in total. The van der Waals surface area contributed by atoms with Gasteiger partial charge in [0.1, 0.15) is 11.8 Å². The Morgan fingerprint density at radius 1 is 1.14 bits per heavy atom. The topological polar surface area (TPSA) is 145 Å². The Morgan fingerprint density at radius 3 is 2.74 bits per heavy atom. The monoisotopic (exact) mass is 496 g/mol. The summed E-state index contributed by atoms with van der Waals surface area (Å²) in [7, 11) is 0. The van der Waals surface area contributed by atoms with Crippen molar-refractivity contribution >= 4 is 46.2 Å². The van der Waals surface area contributed by atoms with Gasteiger partial charge in [-0.25, -0.2) is 9.59 Å². The van der Waals surface area contributed by atoms with E-state index in [-0.39, 0.29) is 24.5 Å². The van der Waals surface area contributed by atoms with E-state index in [1.165, 1.54) is 15.7 Å². The fraction of sp³-hybridized carbons (Fsp3) is 0.292. The number of likely N-dealkylation sites (tertiary alicyclic amines) is 1. The number of para-hydroxylation sites is 1. The molecule has 0 radical (unpaired) electrons. The van der Waals surface area contributed by atoms with Gasteiger partial charge < -0.3 is 31.7 Å². The summed E-state index contributed by atoms with van der Waals surface area (Å²) in [4.78, 5) is 39.8. The Hall–Kier alpha value is -3.76. The van der Waals surface area contributed by atoms with Crippen LogP contribution in [0.2, 0.25) is 5.02 Å². The lowest BCUT2D eigenvalue weighted by molar-refractivity contribution is -0.125. The first-order valence-corrected chi connectivity index (χ1v) is 11.7. The van der Waals surface area contributed by atoms with Crippen LogP contribution in [0.4, 0.5) is 15.3 Å². The van der Waals surface area contributed by atoms with Crippen molar-refractivity contribution in [2.24, 2.45) is 11.5 Å². The number of nitrogens with one attached hydrogen (secondary N) is 2. The molecule has 0 aliphatic carbocycles. The minimum absolute atomic E-state index is 0.217. The van der Waals surface area contributed by atoms with Crippen molar-refractivity contribution in [2.45, 2.75) is 31.0 Å². The zero-order chi connectivity index (χ0) is 24.7. The molecule has 1 aromatic heterocycles. The van der Waals surface area contributed by atoms with Crippen molar-refractivity contribution in [1.29, 1.82) is 0 Å². The van der Waals surface area contributed by atoms with Crippen LogP contribution in [-0.4, -0.2) is 52.7 Å². The van der Waals surface area contributed by atoms with Crippen molar-refractivity contribution in [3.63, 3.8) is 0 Å². The summed E-state index contributed by atoms with van der Waals surface area (Å²) < 4.78 is 6.94. The van der Waals surface area contributed by atoms with Crippen molar-refractivity contribution in [1.82, 2.24) is 14.8 Å². The van der Waals surface area contributed by atoms with Gasteiger partial charge in [-0.15, -0.1) is 0 Å². The van der Waals surface area contributed by atoms with Crippen LogP contribution in [0, 0.1) is 0 Å². The zero-order valence-corrected chi connectivity index (χ0v) is 19.5. The highest BCUT2D eigenvalue weighted by Gasteiger charge is 2.39. The quantitative estimate of drug-likeness (QED) is 0.440. The summed E-state index contributed by atoms with van der Waals surface area (Å²) in [6, 6.07) is 9.83. The SMILES string of the molecule is NC(=O)n1cc(NC(=O)N2C[C@@H](N)C[C@H]2C(=O)NC2CCOc3ccc(Cl)cc32)c2ccccc21. The molecule has 35 heavy (non-hydrogen) atoms. The van der Waals surface area contributed by atoms with Gasteiger partial charge in [-0.2, -0.15) is 0 Å². The van der Waals surface area contributed by atoms with Crippen LogP contribution >= 0.6 is 11.6 Å². The van der Waals surface area contributed by atoms with E-state index in [2.05, 4.69) is 10.6 Å². The number of benzene rings is 2. The van der Waals surface area contributed by atoms with E-state index in [9.17, 15) is 14.4 Å². The van der Waals surface area contributed by atoms with Gasteiger partial charge in [-0.3, -0.25) is 9.36 Å². The average molecular weight is 497 g/mol. The Bertz CT molecular complexity index is 1320. The summed E-state index contributed by atoms with van der Waals surface area (Å²) in [6.07, 6.45) is 2.38. The molecule has 2 aliphatic heterocycles. The van der Waals surface area contributed by atoms with Gasteiger partial charge in [0.25, 0.3) is 0 Å². The predicted octanol–water partition coefficient (Wildman–Crippen LogP) is 2.80. The molecule has 3 aromatic rings. The molecule has 4 amide bonds. The second-order valence-electron chi connectivity index (χ2n) is 8.74. The van der Waals surface area contributed by atoms with Crippen LogP contribution in [0.25, 0.3) is 10.9 Å². The predicted molar refractivity (Wildman–Crippen MR) is 131 cm³/mol. The van der Waals surface area contributed by atoms with Crippen molar-refractivity contribution in [2.75, 3.05) is 18.5 Å². The maximum Gasteiger partial charge on any atom is 0.323 e. The normalized spacial score (nSPS) is 21.3. The highest BCUT2D eigenvalue weighted by molar-refractivity contribution is 6.30. The number of carbonyl (C=O) groups is 3. The Kier molecular flexibility index (Phi) is 6.00. The van der Waals surface area contributed by atoms with E-state index in [4.69, 9.17) is 27.8 Å². The molecular weight excluding hydrogens is 472 g/mol. The first-order chi connectivity index (χ1) is 16.8. The number of nitrogens with zero attached hydrogens (tertiary/aromatic N) is 2. The summed E-state index contributed by atoms with van der Waals surface area (Å²) >= 11 is 6.15. The van der Waals surface area contributed by atoms with Crippen molar-refractivity contribution in [3.8, 4) is 5.75 Å². The molecule has 2 aromatic carbocycles. The van der Waals surface area contributed by atoms with Crippen molar-refractivity contribution in [3.05, 3.63) is 59.2 Å². The van der Waals surface area contributed by atoms with E-state index in [0.717, 1.165) is 5.56 Å². The van der Waals surface area contributed by atoms with Gasteiger partial charge in [-0.1, -0.05) is 29.8 Å². The molecular formula is C24H25ClN6O4. The Labute approximate surface area is 206 Å². The average Bonchev–Trinajstić information content (AvgIpc) is 3.41. The number of primary amides is 1. The number of hydrogen-bond acceptors (Lipinski definition) is 5. The van der Waals surface area contributed by atoms with Crippen LogP contribution in [0.5, 0.6) is 5.75 Å². The highest BCUT2D eigenvalue weighted by Crippen LogP contribution is 2.34. The number of amides is 4. The lowest BCUT2D eigenvalue weighted by atomic mass is 10.00. The molecule has 5 rings (SSSR count). The fourth-order valence-electron chi connectivity index (χ4n) is 4.77. The standard InChI is InChI=1S/C24H25ClN6O4/c25-13-5-6-21-16(9-13)17(7-8-35-21)28-22(32)20-10-14(26)11-31(20)24(34)29-18-12-30(23(27)33)19-4-2-1-3-15(18)19/h1-6,9,12,14,17,20H,7-8,10-11,26H2,(H2,27,33)(H,28,32)(H,29,34)/t14-,17?,20-/m0/s1. The molecule has 11 heteroatoms. The fourth-order valence-corrected chi connectivity index (χ4v) is 4.95. The van der Waals surface area contributed by atoms with E-state index in [0.29, 0.717) is 46.8 Å². The second-order valence-corrected chi connectivity index (χ2v) is 9.18. The smallest absolute Gasteiger partial charge is 0.323 e. The molecule has 0 bridgehead atoms. The molecule has 2 aliphatic rings. The Morgan fingerprint density at radius 2 is 1.94 bits per heavy atom. The molecule has 1 fully saturated rings. The van der Waals surface area contributed by atoms with Gasteiger partial charge in [0, 0.05) is 41.2 Å². The van der Waals surface area contributed by atoms with E-state index in [1.54, 1.807) is 42.5 Å². The summed E-state index contributed by atoms with van der Waals surface area (Å²) in [5.74, 6) is 0.375. The summed E-state index contributed by atoms with van der Waals surface area (Å²) in [6.45, 7) is 0.673. The molecule has 0 saturated carbocycles. The van der Waals surface area contributed by atoms with Gasteiger partial charge >= 0.3 is 12.1 Å². The van der Waals surface area contributed by atoms with E-state index < -0.39 is 18.1 Å². The largest absolute Gasteiger partial charge is 0.493 e.